The van der Waals surface area contributed by atoms with Crippen LogP contribution in [0.4, 0.5) is 0 Å². The first kappa shape index (κ1) is 20.8. The fourth-order valence-corrected chi connectivity index (χ4v) is 5.59. The van der Waals surface area contributed by atoms with Crippen molar-refractivity contribution in [3.8, 4) is 0 Å². The molecule has 1 unspecified atom stereocenters. The van der Waals surface area contributed by atoms with Gasteiger partial charge in [0.15, 0.2) is 5.82 Å². The molecule has 1 amide bonds. The zero-order valence-corrected chi connectivity index (χ0v) is 18.8. The summed E-state index contributed by atoms with van der Waals surface area (Å²) in [4.78, 5) is 36.0. The number of aromatic nitrogens is 2. The van der Waals surface area contributed by atoms with Gasteiger partial charge in [-0.05, 0) is 49.8 Å². The second-order valence-corrected chi connectivity index (χ2v) is 9.59. The Morgan fingerprint density at radius 1 is 1.37 bits per heavy atom. The normalized spacial score (nSPS) is 18.1. The third-order valence-electron chi connectivity index (χ3n) is 6.26. The maximum absolute atomic E-state index is 12.9. The fraction of sp³-hybridized carbons (Fsp3) is 0.435. The van der Waals surface area contributed by atoms with Crippen LogP contribution in [0.3, 0.4) is 0 Å². The number of amides is 1. The molecule has 0 aliphatic heterocycles. The zero-order chi connectivity index (χ0) is 21.4. The average Bonchev–Trinajstić information content (AvgIpc) is 3.10. The number of nitrogens with one attached hydrogen (secondary N) is 3. The first-order valence-corrected chi connectivity index (χ1v) is 11.4. The van der Waals surface area contributed by atoms with E-state index in [9.17, 15) is 9.59 Å². The molecule has 7 heteroatoms. The lowest BCUT2D eigenvalue weighted by molar-refractivity contribution is -0.924. The molecule has 0 radical (unpaired) electrons. The Labute approximate surface area is 180 Å². The maximum Gasteiger partial charge on any atom is 0.260 e. The summed E-state index contributed by atoms with van der Waals surface area (Å²) in [6.45, 7) is 5.14. The van der Waals surface area contributed by atoms with Crippen molar-refractivity contribution in [2.75, 3.05) is 14.1 Å². The Morgan fingerprint density at radius 3 is 2.80 bits per heavy atom. The number of quaternary nitrogens is 1. The van der Waals surface area contributed by atoms with Gasteiger partial charge in [-0.25, -0.2) is 4.98 Å². The minimum Gasteiger partial charge on any atom is -0.355 e. The Bertz CT molecular complexity index is 1130. The first-order valence-electron chi connectivity index (χ1n) is 10.5. The minimum absolute atomic E-state index is 0.00312. The van der Waals surface area contributed by atoms with Crippen LogP contribution in [0.5, 0.6) is 0 Å². The number of aromatic amines is 1. The van der Waals surface area contributed by atoms with Crippen LogP contribution in [0, 0.1) is 5.92 Å². The van der Waals surface area contributed by atoms with Gasteiger partial charge in [0.25, 0.3) is 11.5 Å². The lowest BCUT2D eigenvalue weighted by atomic mass is 9.89. The molecule has 0 fully saturated rings. The summed E-state index contributed by atoms with van der Waals surface area (Å²) in [7, 11) is 3.73. The lowest BCUT2D eigenvalue weighted by Crippen LogP contribution is -3.07. The lowest BCUT2D eigenvalue weighted by Gasteiger charge is -2.21. The fourth-order valence-electron chi connectivity index (χ4n) is 4.20. The molecule has 6 nitrogen and oxygen atoms in total. The van der Waals surface area contributed by atoms with Gasteiger partial charge in [0.2, 0.25) is 0 Å². The van der Waals surface area contributed by atoms with Crippen molar-refractivity contribution in [2.24, 2.45) is 5.92 Å². The molecule has 1 aromatic carbocycles. The molecule has 3 N–H and O–H groups in total. The van der Waals surface area contributed by atoms with Gasteiger partial charge in [0, 0.05) is 23.1 Å². The molecule has 1 aliphatic carbocycles. The predicted molar refractivity (Wildman–Crippen MR) is 120 cm³/mol. The Hall–Kier alpha value is -2.51. The largest absolute Gasteiger partial charge is 0.355 e. The number of aryl methyl sites for hydroxylation is 1. The second kappa shape index (κ2) is 8.32. The van der Waals surface area contributed by atoms with E-state index in [2.05, 4.69) is 31.2 Å². The molecule has 30 heavy (non-hydrogen) atoms. The predicted octanol–water partition coefficient (Wildman–Crippen LogP) is 2.24. The van der Waals surface area contributed by atoms with Crippen molar-refractivity contribution in [1.29, 1.82) is 0 Å². The summed E-state index contributed by atoms with van der Waals surface area (Å²) in [6, 6.07) is 7.69. The highest BCUT2D eigenvalue weighted by Gasteiger charge is 2.25. The van der Waals surface area contributed by atoms with Gasteiger partial charge in [-0.1, -0.05) is 19.1 Å². The van der Waals surface area contributed by atoms with Gasteiger partial charge in [-0.2, -0.15) is 0 Å². The van der Waals surface area contributed by atoms with E-state index in [0.717, 1.165) is 47.4 Å². The number of rotatable bonds is 5. The van der Waals surface area contributed by atoms with Crippen molar-refractivity contribution in [3.05, 3.63) is 62.0 Å². The van der Waals surface area contributed by atoms with Gasteiger partial charge in [0.1, 0.15) is 17.4 Å². The molecule has 3 atom stereocenters. The van der Waals surface area contributed by atoms with Crippen molar-refractivity contribution >= 4 is 27.5 Å². The SMILES string of the molecule is CNC(=O)c1ccc(C[NH+](C)[C@H](C)c2nc3sc4c(c3c(=O)[nH]2)CC[C@@H](C)C4)cc1. The van der Waals surface area contributed by atoms with Gasteiger partial charge in [-0.15, -0.1) is 11.3 Å². The number of hydrogen-bond acceptors (Lipinski definition) is 4. The van der Waals surface area contributed by atoms with Crippen LogP contribution in [0.1, 0.15) is 58.5 Å². The number of carbonyl (C=O) groups excluding carboxylic acids is 1. The summed E-state index contributed by atoms with van der Waals surface area (Å²) in [6.07, 6.45) is 3.17. The topological polar surface area (TPSA) is 79.3 Å². The molecule has 3 aromatic rings. The highest BCUT2D eigenvalue weighted by molar-refractivity contribution is 7.18. The van der Waals surface area contributed by atoms with E-state index in [1.165, 1.54) is 15.3 Å². The number of hydrogen-bond donors (Lipinski definition) is 3. The molecule has 0 spiro atoms. The monoisotopic (exact) mass is 425 g/mol. The van der Waals surface area contributed by atoms with E-state index in [0.29, 0.717) is 11.5 Å². The van der Waals surface area contributed by atoms with E-state index in [1.54, 1.807) is 18.4 Å². The summed E-state index contributed by atoms with van der Waals surface area (Å²) < 4.78 is 0. The van der Waals surface area contributed by atoms with Gasteiger partial charge < -0.3 is 15.2 Å². The summed E-state index contributed by atoms with van der Waals surface area (Å²) >= 11 is 1.69. The van der Waals surface area contributed by atoms with Crippen LogP contribution < -0.4 is 15.8 Å². The maximum atomic E-state index is 12.9. The molecule has 4 rings (SSSR count). The molecular formula is C23H29N4O2S+. The minimum atomic E-state index is -0.0845. The van der Waals surface area contributed by atoms with Gasteiger partial charge in [0.05, 0.1) is 12.4 Å². The molecule has 0 saturated heterocycles. The molecule has 158 valence electrons. The standard InChI is InChI=1S/C23H28N4O2S/c1-13-5-10-17-18(11-13)30-23-19(17)22(29)25-20(26-23)14(2)27(4)12-15-6-8-16(9-7-15)21(28)24-3/h6-9,13-14H,5,10-12H2,1-4H3,(H,24,28)(H,25,26,29)/p+1/t13-,14-/m1/s1. The van der Waals surface area contributed by atoms with Crippen molar-refractivity contribution < 1.29 is 9.69 Å². The Kier molecular flexibility index (Phi) is 5.75. The van der Waals surface area contributed by atoms with Crippen LogP contribution in [0.25, 0.3) is 10.2 Å². The van der Waals surface area contributed by atoms with Crippen molar-refractivity contribution in [3.63, 3.8) is 0 Å². The van der Waals surface area contributed by atoms with E-state index in [4.69, 9.17) is 4.98 Å². The van der Waals surface area contributed by atoms with E-state index < -0.39 is 0 Å². The molecular weight excluding hydrogens is 396 g/mol. The van der Waals surface area contributed by atoms with Crippen LogP contribution in [0.2, 0.25) is 0 Å². The molecule has 2 heterocycles. The van der Waals surface area contributed by atoms with Crippen LogP contribution >= 0.6 is 11.3 Å². The summed E-state index contributed by atoms with van der Waals surface area (Å²) in [5.41, 5.74) is 3.00. The number of H-pyrrole nitrogens is 1. The second-order valence-electron chi connectivity index (χ2n) is 8.50. The molecule has 0 saturated carbocycles. The van der Waals surface area contributed by atoms with Gasteiger partial charge >= 0.3 is 0 Å². The first-order chi connectivity index (χ1) is 14.4. The van der Waals surface area contributed by atoms with E-state index in [-0.39, 0.29) is 17.5 Å². The smallest absolute Gasteiger partial charge is 0.260 e. The van der Waals surface area contributed by atoms with E-state index >= 15 is 0 Å². The van der Waals surface area contributed by atoms with Gasteiger partial charge in [-0.3, -0.25) is 9.59 Å². The van der Waals surface area contributed by atoms with Crippen LogP contribution in [-0.2, 0) is 19.4 Å². The number of thiophene rings is 1. The molecule has 1 aliphatic rings. The quantitative estimate of drug-likeness (QED) is 0.587. The Balaban J connectivity index is 1.56. The van der Waals surface area contributed by atoms with E-state index in [1.807, 2.05) is 24.3 Å². The number of carbonyl (C=O) groups is 1. The summed E-state index contributed by atoms with van der Waals surface area (Å²) in [5, 5.41) is 3.44. The molecule has 0 bridgehead atoms. The van der Waals surface area contributed by atoms with Crippen molar-refractivity contribution in [1.82, 2.24) is 15.3 Å². The summed E-state index contributed by atoms with van der Waals surface area (Å²) in [5.74, 6) is 1.32. The highest BCUT2D eigenvalue weighted by Crippen LogP contribution is 2.35. The number of fused-ring (bicyclic) bond motifs is 3. The Morgan fingerprint density at radius 2 is 2.10 bits per heavy atom. The number of benzene rings is 1. The molecule has 2 aromatic heterocycles. The van der Waals surface area contributed by atoms with Crippen molar-refractivity contribution in [2.45, 2.75) is 45.7 Å². The average molecular weight is 426 g/mol. The third-order valence-corrected chi connectivity index (χ3v) is 7.41. The van der Waals surface area contributed by atoms with Crippen LogP contribution in [-0.4, -0.2) is 30.0 Å². The third kappa shape index (κ3) is 3.91. The highest BCUT2D eigenvalue weighted by atomic mass is 32.1. The van der Waals surface area contributed by atoms with Crippen LogP contribution in [0.15, 0.2) is 29.1 Å². The number of nitrogens with zero attached hydrogens (tertiary/aromatic N) is 1. The zero-order valence-electron chi connectivity index (χ0n) is 18.0.